The van der Waals surface area contributed by atoms with Crippen molar-refractivity contribution in [2.24, 2.45) is 5.73 Å². The Morgan fingerprint density at radius 1 is 1.45 bits per heavy atom. The van der Waals surface area contributed by atoms with E-state index < -0.39 is 27.9 Å². The molecule has 1 aliphatic rings. The molecule has 10 heteroatoms. The first-order valence-electron chi connectivity index (χ1n) is 5.80. The van der Waals surface area contributed by atoms with Gasteiger partial charge in [0.1, 0.15) is 0 Å². The summed E-state index contributed by atoms with van der Waals surface area (Å²) in [6.07, 6.45) is 0. The predicted molar refractivity (Wildman–Crippen MR) is 81.3 cm³/mol. The summed E-state index contributed by atoms with van der Waals surface area (Å²) < 4.78 is 0.394. The van der Waals surface area contributed by atoms with Gasteiger partial charge in [-0.15, -0.1) is 5.06 Å². The lowest BCUT2D eigenvalue weighted by molar-refractivity contribution is -0.179. The number of carbonyl (C=O) groups excluding carboxylic acids is 2. The fourth-order valence-corrected chi connectivity index (χ4v) is 2.95. The summed E-state index contributed by atoms with van der Waals surface area (Å²) in [5, 5.41) is 16.3. The van der Waals surface area contributed by atoms with Crippen LogP contribution in [-0.4, -0.2) is 38.1 Å². The number of nitrogens with zero attached hydrogens (tertiary/aromatic N) is 1. The Morgan fingerprint density at radius 2 is 2.09 bits per heavy atom. The lowest BCUT2D eigenvalue weighted by atomic mass is 10.1. The molecule has 4 N–H and O–H groups in total. The van der Waals surface area contributed by atoms with E-state index >= 15 is 0 Å². The van der Waals surface area contributed by atoms with Crippen molar-refractivity contribution in [2.45, 2.75) is 11.9 Å². The molecule has 22 heavy (non-hydrogen) atoms. The van der Waals surface area contributed by atoms with Gasteiger partial charge in [-0.2, -0.15) is 0 Å². The fourth-order valence-electron chi connectivity index (χ4n) is 1.79. The van der Waals surface area contributed by atoms with Crippen LogP contribution < -0.4 is 5.73 Å². The molecule has 0 bridgehead atoms. The number of thioether (sulfide) groups is 1. The van der Waals surface area contributed by atoms with E-state index in [1.54, 1.807) is 12.1 Å². The van der Waals surface area contributed by atoms with Crippen molar-refractivity contribution in [3.05, 3.63) is 33.8 Å². The molecule has 2 amide bonds. The third-order valence-electron chi connectivity index (χ3n) is 2.79. The molecule has 1 aromatic carbocycles. The number of halogens is 1. The molecular weight excluding hydrogens is 378 g/mol. The molecule has 0 radical (unpaired) electrons. The molecule has 1 heterocycles. The van der Waals surface area contributed by atoms with E-state index in [1.807, 2.05) is 0 Å². The van der Waals surface area contributed by atoms with Crippen LogP contribution >= 0.6 is 27.7 Å². The van der Waals surface area contributed by atoms with Gasteiger partial charge in [0.05, 0.1) is 11.1 Å². The van der Waals surface area contributed by atoms with Crippen LogP contribution in [0.15, 0.2) is 22.7 Å². The van der Waals surface area contributed by atoms with Gasteiger partial charge >= 0.3 is 5.97 Å². The maximum Gasteiger partial charge on any atom is 0.349 e. The number of aliphatic carboxylic acids is 1. The zero-order chi connectivity index (χ0) is 16.7. The van der Waals surface area contributed by atoms with E-state index in [1.165, 1.54) is 6.07 Å². The van der Waals surface area contributed by atoms with Gasteiger partial charge in [-0.3, -0.25) is 15.0 Å². The predicted octanol–water partition coefficient (Wildman–Crippen LogP) is 1.40. The molecule has 1 aromatic rings. The number of imide groups is 1. The van der Waals surface area contributed by atoms with Crippen molar-refractivity contribution >= 4 is 50.6 Å². The summed E-state index contributed by atoms with van der Waals surface area (Å²) >= 11 is 3.53. The number of fused-ring (bicyclic) bond motifs is 1. The highest BCUT2D eigenvalue weighted by Crippen LogP contribution is 2.34. The number of amidine groups is 1. The van der Waals surface area contributed by atoms with Crippen LogP contribution in [0.4, 0.5) is 0 Å². The monoisotopic (exact) mass is 387 g/mol. The van der Waals surface area contributed by atoms with Crippen LogP contribution in [0.25, 0.3) is 0 Å². The Balaban J connectivity index is 2.37. The van der Waals surface area contributed by atoms with Crippen LogP contribution in [0.3, 0.4) is 0 Å². The third kappa shape index (κ3) is 2.72. The minimum Gasteiger partial charge on any atom is -0.478 e. The minimum atomic E-state index is -2.09. The average molecular weight is 388 g/mol. The Morgan fingerprint density at radius 3 is 2.59 bits per heavy atom. The molecule has 1 aliphatic heterocycles. The summed E-state index contributed by atoms with van der Waals surface area (Å²) in [4.78, 5) is 38.8. The highest BCUT2D eigenvalue weighted by atomic mass is 79.9. The van der Waals surface area contributed by atoms with Crippen molar-refractivity contribution in [2.75, 3.05) is 0 Å². The van der Waals surface area contributed by atoms with E-state index in [-0.39, 0.29) is 11.1 Å². The highest BCUT2D eigenvalue weighted by Gasteiger charge is 2.46. The molecule has 0 spiro atoms. The van der Waals surface area contributed by atoms with Gasteiger partial charge < -0.3 is 10.8 Å². The minimum absolute atomic E-state index is 0.0908. The van der Waals surface area contributed by atoms with Crippen LogP contribution in [0.5, 0.6) is 0 Å². The van der Waals surface area contributed by atoms with Crippen molar-refractivity contribution < 1.29 is 24.3 Å². The van der Waals surface area contributed by atoms with E-state index in [4.69, 9.17) is 16.0 Å². The quantitative estimate of drug-likeness (QED) is 0.307. The van der Waals surface area contributed by atoms with E-state index in [2.05, 4.69) is 15.9 Å². The van der Waals surface area contributed by atoms with Gasteiger partial charge in [-0.05, 0) is 46.7 Å². The zero-order valence-corrected chi connectivity index (χ0v) is 13.5. The summed E-state index contributed by atoms with van der Waals surface area (Å²) in [6, 6.07) is 4.58. The number of nitrogens with two attached hydrogens (primary N) is 1. The number of hydrogen-bond donors (Lipinski definition) is 3. The van der Waals surface area contributed by atoms with Crippen molar-refractivity contribution in [3.8, 4) is 0 Å². The summed E-state index contributed by atoms with van der Waals surface area (Å²) in [6.45, 7) is 1.10. The zero-order valence-electron chi connectivity index (χ0n) is 11.1. The number of hydroxylamine groups is 2. The Kier molecular flexibility index (Phi) is 4.27. The molecule has 0 saturated heterocycles. The number of rotatable bonds is 4. The third-order valence-corrected chi connectivity index (χ3v) is 4.30. The topological polar surface area (TPSA) is 134 Å². The van der Waals surface area contributed by atoms with Gasteiger partial charge in [0.15, 0.2) is 5.17 Å². The van der Waals surface area contributed by atoms with Gasteiger partial charge in [-0.1, -0.05) is 6.07 Å². The molecule has 116 valence electrons. The first kappa shape index (κ1) is 16.5. The number of nitrogens with one attached hydrogen (secondary N) is 1. The molecule has 0 aromatic heterocycles. The van der Waals surface area contributed by atoms with Crippen LogP contribution in [0.2, 0.25) is 0 Å². The lowest BCUT2D eigenvalue weighted by Gasteiger charge is -2.26. The van der Waals surface area contributed by atoms with Crippen LogP contribution in [0, 0.1) is 5.41 Å². The first-order valence-corrected chi connectivity index (χ1v) is 7.41. The normalized spacial score (nSPS) is 16.4. The van der Waals surface area contributed by atoms with E-state index in [9.17, 15) is 19.5 Å². The molecule has 1 atom stereocenters. The maximum atomic E-state index is 12.3. The number of carbonyl (C=O) groups is 3. The number of hydrogen-bond acceptors (Lipinski definition) is 6. The number of carboxylic acids is 1. The van der Waals surface area contributed by atoms with Crippen LogP contribution in [-0.2, 0) is 9.63 Å². The standard InChI is InChI=1S/C12H10BrN3O5S/c1-12(10(19)20,22-11(14)15)21-16-8(17)5-3-2-4-6(13)7(5)9(16)18/h2-4H,1H3,(H3,14,15)(H,19,20). The first-order chi connectivity index (χ1) is 10.2. The lowest BCUT2D eigenvalue weighted by Crippen LogP contribution is -2.45. The van der Waals surface area contributed by atoms with Crippen molar-refractivity contribution in [3.63, 3.8) is 0 Å². The second kappa shape index (κ2) is 5.71. The molecule has 2 rings (SSSR count). The van der Waals surface area contributed by atoms with Crippen molar-refractivity contribution in [1.82, 2.24) is 5.06 Å². The SMILES string of the molecule is CC(ON1C(=O)c2cccc(Br)c2C1=O)(SC(=N)N)C(=O)O. The van der Waals surface area contributed by atoms with Crippen molar-refractivity contribution in [1.29, 1.82) is 5.41 Å². The highest BCUT2D eigenvalue weighted by molar-refractivity contribution is 9.10. The molecule has 0 fully saturated rings. The molecule has 0 saturated carbocycles. The average Bonchev–Trinajstić information content (AvgIpc) is 2.64. The summed E-state index contributed by atoms with van der Waals surface area (Å²) in [5.41, 5.74) is 5.36. The second-order valence-electron chi connectivity index (χ2n) is 4.38. The molecule has 0 aliphatic carbocycles. The van der Waals surface area contributed by atoms with Gasteiger partial charge in [-0.25, -0.2) is 9.63 Å². The Labute approximate surface area is 137 Å². The summed E-state index contributed by atoms with van der Waals surface area (Å²) in [5.74, 6) is -3.05. The van der Waals surface area contributed by atoms with Gasteiger partial charge in [0.25, 0.3) is 11.8 Å². The maximum absolute atomic E-state index is 12.3. The number of carboxylic acid groups (broad SMARTS) is 1. The summed E-state index contributed by atoms with van der Waals surface area (Å²) in [7, 11) is 0. The van der Waals surface area contributed by atoms with E-state index in [0.717, 1.165) is 6.92 Å². The smallest absolute Gasteiger partial charge is 0.349 e. The van der Waals surface area contributed by atoms with Gasteiger partial charge in [0.2, 0.25) is 4.93 Å². The number of amides is 2. The molecule has 1 unspecified atom stereocenters. The number of benzene rings is 1. The van der Waals surface area contributed by atoms with Crippen LogP contribution in [0.1, 0.15) is 27.6 Å². The van der Waals surface area contributed by atoms with Gasteiger partial charge in [0, 0.05) is 4.47 Å². The second-order valence-corrected chi connectivity index (χ2v) is 6.65. The molecule has 8 nitrogen and oxygen atoms in total. The Bertz CT molecular complexity index is 710. The van der Waals surface area contributed by atoms with E-state index in [0.29, 0.717) is 21.3 Å². The largest absolute Gasteiger partial charge is 0.478 e. The Hall–Kier alpha value is -1.91. The fraction of sp³-hybridized carbons (Fsp3) is 0.167. The molecular formula is C12H10BrN3O5S.